The summed E-state index contributed by atoms with van der Waals surface area (Å²) in [6, 6.07) is 12.7. The lowest BCUT2D eigenvalue weighted by Crippen LogP contribution is -2.30. The number of halogens is 1. The van der Waals surface area contributed by atoms with Crippen LogP contribution in [0.3, 0.4) is 0 Å². The zero-order valence-electron chi connectivity index (χ0n) is 15.5. The molecule has 4 rings (SSSR count). The van der Waals surface area contributed by atoms with Crippen LogP contribution in [0.15, 0.2) is 70.0 Å². The maximum Gasteiger partial charge on any atom is 0.293 e. The van der Waals surface area contributed by atoms with Crippen LogP contribution >= 0.6 is 22.7 Å². The molecule has 0 bridgehead atoms. The molecule has 3 aromatic heterocycles. The first-order chi connectivity index (χ1) is 14.6. The predicted octanol–water partition coefficient (Wildman–Crippen LogP) is 4.64. The maximum atomic E-state index is 13.3. The van der Waals surface area contributed by atoms with Crippen LogP contribution in [-0.4, -0.2) is 16.8 Å². The molecule has 3 heterocycles. The summed E-state index contributed by atoms with van der Waals surface area (Å²) in [5, 5.41) is 9.65. The largest absolute Gasteiger partial charge is 0.459 e. The average molecular weight is 442 g/mol. The number of amides is 2. The van der Waals surface area contributed by atoms with Gasteiger partial charge in [0.1, 0.15) is 5.82 Å². The number of furan rings is 1. The molecule has 0 saturated heterocycles. The van der Waals surface area contributed by atoms with Crippen molar-refractivity contribution in [1.29, 1.82) is 0 Å². The molecule has 30 heavy (non-hydrogen) atoms. The van der Waals surface area contributed by atoms with Gasteiger partial charge >= 0.3 is 0 Å². The third-order valence-corrected chi connectivity index (χ3v) is 5.94. The Morgan fingerprint density at radius 2 is 1.93 bits per heavy atom. The van der Waals surface area contributed by atoms with Crippen molar-refractivity contribution in [3.63, 3.8) is 0 Å². The molecule has 1 unspecified atom stereocenters. The Kier molecular flexibility index (Phi) is 6.01. The van der Waals surface area contributed by atoms with Gasteiger partial charge < -0.3 is 9.73 Å². The molecule has 0 radical (unpaired) electrons. The van der Waals surface area contributed by atoms with Crippen LogP contribution in [0.4, 0.5) is 9.52 Å². The lowest BCUT2D eigenvalue weighted by Gasteiger charge is -2.18. The predicted molar refractivity (Wildman–Crippen MR) is 113 cm³/mol. The summed E-state index contributed by atoms with van der Waals surface area (Å²) in [7, 11) is 0. The number of thiazole rings is 1. The van der Waals surface area contributed by atoms with E-state index in [2.05, 4.69) is 15.6 Å². The number of hydrogen-bond acceptors (Lipinski definition) is 6. The minimum Gasteiger partial charge on any atom is -0.459 e. The van der Waals surface area contributed by atoms with E-state index in [4.69, 9.17) is 4.42 Å². The number of thiophene rings is 1. The summed E-state index contributed by atoms with van der Waals surface area (Å²) in [5.74, 6) is -0.782. The van der Waals surface area contributed by atoms with Gasteiger partial charge in [0.2, 0.25) is 5.91 Å². The van der Waals surface area contributed by atoms with Crippen LogP contribution in [0.2, 0.25) is 0 Å². The van der Waals surface area contributed by atoms with Gasteiger partial charge in [-0.3, -0.25) is 14.9 Å². The van der Waals surface area contributed by atoms with Crippen LogP contribution in [0, 0.1) is 5.82 Å². The second-order valence-electron chi connectivity index (χ2n) is 6.32. The zero-order valence-corrected chi connectivity index (χ0v) is 17.1. The maximum absolute atomic E-state index is 13.3. The van der Waals surface area contributed by atoms with E-state index in [-0.39, 0.29) is 29.9 Å². The van der Waals surface area contributed by atoms with E-state index < -0.39 is 5.91 Å². The van der Waals surface area contributed by atoms with E-state index in [9.17, 15) is 14.0 Å². The lowest BCUT2D eigenvalue weighted by atomic mass is 10.0. The number of benzene rings is 1. The van der Waals surface area contributed by atoms with E-state index in [0.29, 0.717) is 10.8 Å². The molecule has 2 amide bonds. The molecule has 0 aliphatic carbocycles. The molecule has 6 nitrogen and oxygen atoms in total. The molecule has 0 fully saturated rings. The zero-order chi connectivity index (χ0) is 20.9. The van der Waals surface area contributed by atoms with E-state index in [1.165, 1.54) is 41.1 Å². The van der Waals surface area contributed by atoms with Gasteiger partial charge in [-0.15, -0.1) is 22.7 Å². The molecule has 2 N–H and O–H groups in total. The standard InChI is InChI=1S/C21H16FN3O3S2/c22-14-7-5-13(6-8-14)19(17-4-2-10-29-17)24-18(26)11-15-12-30-21(23-15)25-20(27)16-3-1-9-28-16/h1-10,12,19H,11H2,(H,24,26)(H,23,25,27). The van der Waals surface area contributed by atoms with Crippen molar-refractivity contribution in [2.75, 3.05) is 5.32 Å². The fraction of sp³-hybridized carbons (Fsp3) is 0.0952. The van der Waals surface area contributed by atoms with Crippen molar-refractivity contribution in [3.8, 4) is 0 Å². The van der Waals surface area contributed by atoms with Gasteiger partial charge in [0.05, 0.1) is 24.4 Å². The van der Waals surface area contributed by atoms with Gasteiger partial charge in [-0.05, 0) is 41.3 Å². The fourth-order valence-electron chi connectivity index (χ4n) is 2.82. The van der Waals surface area contributed by atoms with Crippen molar-refractivity contribution < 1.29 is 18.4 Å². The van der Waals surface area contributed by atoms with Crippen molar-refractivity contribution in [3.05, 3.63) is 93.3 Å². The molecular formula is C21H16FN3O3S2. The van der Waals surface area contributed by atoms with E-state index in [0.717, 1.165) is 10.4 Å². The van der Waals surface area contributed by atoms with Crippen LogP contribution < -0.4 is 10.6 Å². The van der Waals surface area contributed by atoms with Gasteiger partial charge in [0, 0.05) is 10.3 Å². The molecule has 1 aromatic carbocycles. The number of anilines is 1. The van der Waals surface area contributed by atoms with Crippen LogP contribution in [0.5, 0.6) is 0 Å². The summed E-state index contributed by atoms with van der Waals surface area (Å²) in [6.07, 6.45) is 1.47. The highest BCUT2D eigenvalue weighted by atomic mass is 32.1. The number of aromatic nitrogens is 1. The van der Waals surface area contributed by atoms with Crippen molar-refractivity contribution >= 4 is 39.6 Å². The molecule has 152 valence electrons. The SMILES string of the molecule is O=C(Cc1csc(NC(=O)c2ccco2)n1)NC(c1ccc(F)cc1)c1cccs1. The number of nitrogens with zero attached hydrogens (tertiary/aromatic N) is 1. The van der Waals surface area contributed by atoms with Crippen LogP contribution in [0.1, 0.15) is 32.7 Å². The Labute approximate surface area is 179 Å². The average Bonchev–Trinajstić information content (AvgIpc) is 3.50. The topological polar surface area (TPSA) is 84.2 Å². The Morgan fingerprint density at radius 1 is 1.10 bits per heavy atom. The van der Waals surface area contributed by atoms with Crippen molar-refractivity contribution in [2.45, 2.75) is 12.5 Å². The van der Waals surface area contributed by atoms with E-state index in [1.807, 2.05) is 17.5 Å². The Balaban J connectivity index is 1.42. The first-order valence-electron chi connectivity index (χ1n) is 8.96. The minimum absolute atomic E-state index is 0.0518. The molecule has 0 saturated carbocycles. The molecule has 0 spiro atoms. The van der Waals surface area contributed by atoms with Crippen LogP contribution in [-0.2, 0) is 11.2 Å². The van der Waals surface area contributed by atoms with Crippen molar-refractivity contribution in [1.82, 2.24) is 10.3 Å². The number of carbonyl (C=O) groups excluding carboxylic acids is 2. The molecule has 0 aliphatic heterocycles. The molecule has 9 heteroatoms. The Bertz CT molecular complexity index is 1120. The van der Waals surface area contributed by atoms with E-state index in [1.54, 1.807) is 29.6 Å². The first kappa shape index (κ1) is 20.0. The van der Waals surface area contributed by atoms with Gasteiger partial charge in [0.15, 0.2) is 10.9 Å². The fourth-order valence-corrected chi connectivity index (χ4v) is 4.33. The molecule has 0 aliphatic rings. The second-order valence-corrected chi connectivity index (χ2v) is 8.16. The highest BCUT2D eigenvalue weighted by molar-refractivity contribution is 7.14. The minimum atomic E-state index is -0.403. The highest BCUT2D eigenvalue weighted by Gasteiger charge is 2.19. The number of nitrogens with one attached hydrogen (secondary N) is 2. The molecule has 1 atom stereocenters. The van der Waals surface area contributed by atoms with Gasteiger partial charge in [0.25, 0.3) is 5.91 Å². The monoisotopic (exact) mass is 441 g/mol. The first-order valence-corrected chi connectivity index (χ1v) is 10.7. The summed E-state index contributed by atoms with van der Waals surface area (Å²) < 4.78 is 18.3. The molecular weight excluding hydrogens is 425 g/mol. The summed E-state index contributed by atoms with van der Waals surface area (Å²) in [6.45, 7) is 0. The normalized spacial score (nSPS) is 11.8. The van der Waals surface area contributed by atoms with Gasteiger partial charge in [-0.2, -0.15) is 0 Å². The smallest absolute Gasteiger partial charge is 0.293 e. The third kappa shape index (κ3) is 4.81. The Morgan fingerprint density at radius 3 is 2.63 bits per heavy atom. The summed E-state index contributed by atoms with van der Waals surface area (Å²) in [5.41, 5.74) is 1.33. The summed E-state index contributed by atoms with van der Waals surface area (Å²) in [4.78, 5) is 29.9. The third-order valence-electron chi connectivity index (χ3n) is 4.20. The molecule has 4 aromatic rings. The summed E-state index contributed by atoms with van der Waals surface area (Å²) >= 11 is 2.74. The number of rotatable bonds is 7. The van der Waals surface area contributed by atoms with E-state index >= 15 is 0 Å². The van der Waals surface area contributed by atoms with Gasteiger partial charge in [-0.1, -0.05) is 18.2 Å². The number of hydrogen-bond donors (Lipinski definition) is 2. The second kappa shape index (κ2) is 9.02. The Hall–Kier alpha value is -3.30. The lowest BCUT2D eigenvalue weighted by molar-refractivity contribution is -0.121. The number of carbonyl (C=O) groups is 2. The van der Waals surface area contributed by atoms with Crippen molar-refractivity contribution in [2.24, 2.45) is 0 Å². The van der Waals surface area contributed by atoms with Crippen LogP contribution in [0.25, 0.3) is 0 Å². The quantitative estimate of drug-likeness (QED) is 0.438. The van der Waals surface area contributed by atoms with Gasteiger partial charge in [-0.25, -0.2) is 9.37 Å². The highest BCUT2D eigenvalue weighted by Crippen LogP contribution is 2.26.